The van der Waals surface area contributed by atoms with E-state index in [9.17, 15) is 0 Å². The molecule has 1 aliphatic heterocycles. The average molecular weight is 294 g/mol. The van der Waals surface area contributed by atoms with Crippen LogP contribution in [0.2, 0.25) is 0 Å². The lowest BCUT2D eigenvalue weighted by atomic mass is 10.1. The van der Waals surface area contributed by atoms with Crippen molar-refractivity contribution in [1.29, 1.82) is 0 Å². The Hall–Kier alpha value is -1.33. The summed E-state index contributed by atoms with van der Waals surface area (Å²) in [6.07, 6.45) is 4.13. The van der Waals surface area contributed by atoms with Crippen molar-refractivity contribution in [3.8, 4) is 5.75 Å². The molecule has 1 aromatic rings. The van der Waals surface area contributed by atoms with E-state index in [-0.39, 0.29) is 0 Å². The summed E-state index contributed by atoms with van der Waals surface area (Å²) in [5, 5.41) is 7.15. The van der Waals surface area contributed by atoms with Gasteiger partial charge in [-0.3, -0.25) is 0 Å². The van der Waals surface area contributed by atoms with Gasteiger partial charge in [0, 0.05) is 5.69 Å². The van der Waals surface area contributed by atoms with Crippen LogP contribution in [0.4, 0.5) is 5.69 Å². The van der Waals surface area contributed by atoms with Crippen molar-refractivity contribution in [2.75, 3.05) is 38.6 Å². The number of likely N-dealkylation sites (tertiary alicyclic amines) is 1. The molecule has 20 heavy (non-hydrogen) atoms. The number of ether oxygens (including phenoxy) is 1. The summed E-state index contributed by atoms with van der Waals surface area (Å²) >= 11 is 5.30. The van der Waals surface area contributed by atoms with Gasteiger partial charge in [-0.1, -0.05) is 0 Å². The zero-order valence-corrected chi connectivity index (χ0v) is 12.9. The molecular formula is C15H24N3OS+. The molecule has 1 fully saturated rings. The van der Waals surface area contributed by atoms with Gasteiger partial charge in [-0.2, -0.15) is 0 Å². The minimum Gasteiger partial charge on any atom is -0.497 e. The lowest BCUT2D eigenvalue weighted by molar-refractivity contribution is -0.903. The van der Waals surface area contributed by atoms with E-state index in [2.05, 4.69) is 10.6 Å². The Labute approximate surface area is 126 Å². The van der Waals surface area contributed by atoms with Crippen LogP contribution in [0.3, 0.4) is 0 Å². The zero-order valence-electron chi connectivity index (χ0n) is 12.1. The molecule has 0 bridgehead atoms. The molecule has 0 aromatic heterocycles. The van der Waals surface area contributed by atoms with Crippen LogP contribution in [0.15, 0.2) is 24.3 Å². The van der Waals surface area contributed by atoms with Crippen LogP contribution in [-0.2, 0) is 0 Å². The average Bonchev–Trinajstić information content (AvgIpc) is 2.49. The third-order valence-corrected chi connectivity index (χ3v) is 3.92. The molecule has 2 rings (SSSR count). The first kappa shape index (κ1) is 15.1. The van der Waals surface area contributed by atoms with E-state index in [4.69, 9.17) is 17.0 Å². The molecule has 0 amide bonds. The predicted octanol–water partition coefficient (Wildman–Crippen LogP) is 1.05. The van der Waals surface area contributed by atoms with Crippen molar-refractivity contribution in [3.05, 3.63) is 24.3 Å². The Morgan fingerprint density at radius 1 is 1.20 bits per heavy atom. The number of hydrogen-bond donors (Lipinski definition) is 3. The maximum Gasteiger partial charge on any atom is 0.170 e. The molecule has 4 nitrogen and oxygen atoms in total. The smallest absolute Gasteiger partial charge is 0.170 e. The topological polar surface area (TPSA) is 37.7 Å². The molecule has 0 atom stereocenters. The number of hydrogen-bond acceptors (Lipinski definition) is 2. The fourth-order valence-electron chi connectivity index (χ4n) is 2.50. The Morgan fingerprint density at radius 3 is 2.55 bits per heavy atom. The number of piperidine rings is 1. The van der Waals surface area contributed by atoms with Crippen molar-refractivity contribution < 1.29 is 9.64 Å². The first-order valence-electron chi connectivity index (χ1n) is 7.30. The second kappa shape index (κ2) is 8.07. The fraction of sp³-hybridized carbons (Fsp3) is 0.533. The number of thiocarbonyl (C=S) groups is 1. The van der Waals surface area contributed by atoms with E-state index in [1.807, 2.05) is 24.3 Å². The fourth-order valence-corrected chi connectivity index (χ4v) is 2.72. The maximum atomic E-state index is 5.30. The van der Waals surface area contributed by atoms with Crippen LogP contribution >= 0.6 is 12.2 Å². The number of anilines is 1. The number of quaternary nitrogens is 1. The second-order valence-electron chi connectivity index (χ2n) is 5.17. The van der Waals surface area contributed by atoms with Crippen LogP contribution < -0.4 is 20.3 Å². The van der Waals surface area contributed by atoms with Crippen LogP contribution in [0.1, 0.15) is 19.3 Å². The minimum atomic E-state index is 0.687. The summed E-state index contributed by atoms with van der Waals surface area (Å²) in [7, 11) is 1.66. The van der Waals surface area contributed by atoms with Gasteiger partial charge < -0.3 is 20.3 Å². The lowest BCUT2D eigenvalue weighted by Gasteiger charge is -2.23. The van der Waals surface area contributed by atoms with Gasteiger partial charge in [-0.25, -0.2) is 0 Å². The molecule has 1 saturated heterocycles. The van der Waals surface area contributed by atoms with Gasteiger partial charge in [0.2, 0.25) is 0 Å². The van der Waals surface area contributed by atoms with E-state index < -0.39 is 0 Å². The van der Waals surface area contributed by atoms with Gasteiger partial charge >= 0.3 is 0 Å². The minimum absolute atomic E-state index is 0.687. The van der Waals surface area contributed by atoms with Gasteiger partial charge in [-0.05, 0) is 55.7 Å². The molecule has 0 unspecified atom stereocenters. The summed E-state index contributed by atoms with van der Waals surface area (Å²) in [6, 6.07) is 7.76. The summed E-state index contributed by atoms with van der Waals surface area (Å²) in [5.74, 6) is 0.850. The molecule has 0 radical (unpaired) electrons. The number of rotatable bonds is 5. The van der Waals surface area contributed by atoms with Crippen LogP contribution in [0.25, 0.3) is 0 Å². The van der Waals surface area contributed by atoms with E-state index in [1.54, 1.807) is 12.0 Å². The quantitative estimate of drug-likeness (QED) is 0.710. The monoisotopic (exact) mass is 294 g/mol. The zero-order chi connectivity index (χ0) is 14.2. The van der Waals surface area contributed by atoms with Crippen LogP contribution in [0.5, 0.6) is 5.75 Å². The van der Waals surface area contributed by atoms with Gasteiger partial charge in [0.25, 0.3) is 0 Å². The lowest BCUT2D eigenvalue weighted by Crippen LogP contribution is -3.13. The van der Waals surface area contributed by atoms with Crippen molar-refractivity contribution in [2.24, 2.45) is 0 Å². The summed E-state index contributed by atoms with van der Waals surface area (Å²) in [6.45, 7) is 4.68. The highest BCUT2D eigenvalue weighted by Crippen LogP contribution is 2.14. The van der Waals surface area contributed by atoms with Gasteiger partial charge in [0.05, 0.1) is 33.3 Å². The normalized spacial score (nSPS) is 15.7. The molecule has 1 aliphatic rings. The molecule has 0 aliphatic carbocycles. The predicted molar refractivity (Wildman–Crippen MR) is 86.6 cm³/mol. The van der Waals surface area contributed by atoms with Gasteiger partial charge in [-0.15, -0.1) is 0 Å². The Morgan fingerprint density at radius 2 is 1.90 bits per heavy atom. The van der Waals surface area contributed by atoms with Crippen LogP contribution in [-0.4, -0.2) is 38.4 Å². The van der Waals surface area contributed by atoms with E-state index in [0.717, 1.165) is 24.5 Å². The van der Waals surface area contributed by atoms with Crippen molar-refractivity contribution in [1.82, 2.24) is 5.32 Å². The molecule has 0 saturated carbocycles. The third kappa shape index (κ3) is 4.98. The molecule has 0 spiro atoms. The number of methoxy groups -OCH3 is 1. The SMILES string of the molecule is COc1ccc(NC(=S)NCC[NH+]2CCCCC2)cc1. The molecule has 1 aromatic carbocycles. The molecule has 5 heteroatoms. The van der Waals surface area contributed by atoms with Crippen LogP contribution in [0, 0.1) is 0 Å². The largest absolute Gasteiger partial charge is 0.497 e. The first-order valence-corrected chi connectivity index (χ1v) is 7.71. The molecular weight excluding hydrogens is 270 g/mol. The van der Waals surface area contributed by atoms with Crippen molar-refractivity contribution in [2.45, 2.75) is 19.3 Å². The standard InChI is InChI=1S/C15H23N3OS/c1-19-14-7-5-13(6-8-14)17-15(20)16-9-12-18-10-3-2-4-11-18/h5-8H,2-4,9-12H2,1H3,(H2,16,17,20)/p+1. The molecule has 1 heterocycles. The summed E-state index contributed by atoms with van der Waals surface area (Å²) in [5.41, 5.74) is 0.980. The van der Waals surface area contributed by atoms with Gasteiger partial charge in [0.1, 0.15) is 5.75 Å². The van der Waals surface area contributed by atoms with Gasteiger partial charge in [0.15, 0.2) is 5.11 Å². The maximum absolute atomic E-state index is 5.30. The number of nitrogens with one attached hydrogen (secondary N) is 3. The second-order valence-corrected chi connectivity index (χ2v) is 5.58. The first-order chi connectivity index (χ1) is 9.78. The summed E-state index contributed by atoms with van der Waals surface area (Å²) in [4.78, 5) is 1.69. The Bertz CT molecular complexity index is 416. The highest BCUT2D eigenvalue weighted by atomic mass is 32.1. The highest BCUT2D eigenvalue weighted by molar-refractivity contribution is 7.80. The van der Waals surface area contributed by atoms with E-state index in [0.29, 0.717) is 5.11 Å². The number of benzene rings is 1. The molecule has 110 valence electrons. The van der Waals surface area contributed by atoms with E-state index in [1.165, 1.54) is 32.4 Å². The third-order valence-electron chi connectivity index (χ3n) is 3.67. The molecule has 3 N–H and O–H groups in total. The van der Waals surface area contributed by atoms with E-state index >= 15 is 0 Å². The van der Waals surface area contributed by atoms with Crippen molar-refractivity contribution >= 4 is 23.0 Å². The Balaban J connectivity index is 1.66. The Kier molecular flexibility index (Phi) is 6.08. The summed E-state index contributed by atoms with van der Waals surface area (Å²) < 4.78 is 5.13. The highest BCUT2D eigenvalue weighted by Gasteiger charge is 2.12. The van der Waals surface area contributed by atoms with Crippen molar-refractivity contribution in [3.63, 3.8) is 0 Å².